The Kier molecular flexibility index (Phi) is 7.63. The van der Waals surface area contributed by atoms with Crippen LogP contribution in [0.4, 0.5) is 0 Å². The van der Waals surface area contributed by atoms with Crippen LogP contribution in [0.5, 0.6) is 0 Å². The van der Waals surface area contributed by atoms with Gasteiger partial charge in [0, 0.05) is 12.4 Å². The normalized spacial score (nSPS) is 13.0. The highest BCUT2D eigenvalue weighted by Gasteiger charge is 2.41. The van der Waals surface area contributed by atoms with E-state index in [1.54, 1.807) is 12.4 Å². The average Bonchev–Trinajstić information content (AvgIpc) is 2.58. The number of hydrogen-bond acceptors (Lipinski definition) is 6. The summed E-state index contributed by atoms with van der Waals surface area (Å²) in [6.45, 7) is 13.1. The summed E-state index contributed by atoms with van der Waals surface area (Å²) in [6, 6.07) is 11.6. The Morgan fingerprint density at radius 2 is 1.04 bits per heavy atom. The molecule has 6 nitrogen and oxygen atoms in total. The van der Waals surface area contributed by atoms with Crippen molar-refractivity contribution in [1.82, 2.24) is 9.97 Å². The Morgan fingerprint density at radius 1 is 0.630 bits per heavy atom. The second-order valence-electron chi connectivity index (χ2n) is 7.62. The van der Waals surface area contributed by atoms with Gasteiger partial charge < -0.3 is 17.1 Å². The smallest absolute Gasteiger partial charge is 0.323 e. The van der Waals surface area contributed by atoms with Crippen molar-refractivity contribution in [3.63, 3.8) is 0 Å². The van der Waals surface area contributed by atoms with Gasteiger partial charge in [-0.15, -0.1) is 0 Å². The summed E-state index contributed by atoms with van der Waals surface area (Å²) >= 11 is 0. The van der Waals surface area contributed by atoms with E-state index >= 15 is 0 Å². The van der Waals surface area contributed by atoms with E-state index in [4.69, 9.17) is 17.1 Å². The highest BCUT2D eigenvalue weighted by Crippen LogP contribution is 2.23. The molecule has 27 heavy (non-hydrogen) atoms. The first kappa shape index (κ1) is 22.1. The molecule has 0 N–H and O–H groups in total. The van der Waals surface area contributed by atoms with Gasteiger partial charge in [-0.25, -0.2) is 0 Å². The SMILES string of the molecule is C[Si](C)(OCc1ccccn1)O[Si](C)(C)O[Si](C)(C)OCc1ccccn1. The Balaban J connectivity index is 1.87. The van der Waals surface area contributed by atoms with Crippen LogP contribution in [0.25, 0.3) is 0 Å². The van der Waals surface area contributed by atoms with Crippen molar-refractivity contribution in [2.75, 3.05) is 0 Å². The summed E-state index contributed by atoms with van der Waals surface area (Å²) in [5, 5.41) is 0. The van der Waals surface area contributed by atoms with Crippen LogP contribution in [0, 0.1) is 0 Å². The number of rotatable bonds is 10. The van der Waals surface area contributed by atoms with Gasteiger partial charge in [0.05, 0.1) is 24.6 Å². The molecule has 2 rings (SSSR count). The lowest BCUT2D eigenvalue weighted by Crippen LogP contribution is -2.54. The van der Waals surface area contributed by atoms with Crippen molar-refractivity contribution >= 4 is 25.7 Å². The molecule has 0 spiro atoms. The van der Waals surface area contributed by atoms with Crippen molar-refractivity contribution in [3.05, 3.63) is 60.2 Å². The van der Waals surface area contributed by atoms with Gasteiger partial charge in [0.25, 0.3) is 0 Å². The predicted molar refractivity (Wildman–Crippen MR) is 113 cm³/mol. The predicted octanol–water partition coefficient (Wildman–Crippen LogP) is 4.35. The quantitative estimate of drug-likeness (QED) is 0.531. The van der Waals surface area contributed by atoms with Crippen LogP contribution in [0.2, 0.25) is 39.3 Å². The molecule has 0 bridgehead atoms. The summed E-state index contributed by atoms with van der Waals surface area (Å²) in [5.41, 5.74) is 1.80. The Hall–Kier alpha value is -1.21. The first-order valence-corrected chi connectivity index (χ1v) is 17.5. The molecule has 0 fully saturated rings. The zero-order chi connectivity index (χ0) is 20.0. The Bertz CT molecular complexity index is 641. The lowest BCUT2D eigenvalue weighted by Gasteiger charge is -2.37. The standard InChI is InChI=1S/C18H30N2O4Si3/c1-25(2,21-15-17-11-7-9-13-19-17)23-27(5,6)24-26(3,4)22-16-18-12-8-10-14-20-18/h7-14H,15-16H2,1-6H3. The minimum Gasteiger partial charge on any atom is -0.415 e. The first-order valence-electron chi connectivity index (χ1n) is 9.05. The molecule has 0 saturated carbocycles. The summed E-state index contributed by atoms with van der Waals surface area (Å²) in [7, 11) is -7.13. The molecule has 0 saturated heterocycles. The van der Waals surface area contributed by atoms with E-state index in [9.17, 15) is 0 Å². The zero-order valence-electron chi connectivity index (χ0n) is 17.1. The third kappa shape index (κ3) is 8.56. The van der Waals surface area contributed by atoms with Gasteiger partial charge in [-0.2, -0.15) is 0 Å². The van der Waals surface area contributed by atoms with E-state index in [2.05, 4.69) is 9.97 Å². The summed E-state index contributed by atoms with van der Waals surface area (Å²) in [5.74, 6) is 0. The van der Waals surface area contributed by atoms with E-state index in [-0.39, 0.29) is 0 Å². The van der Waals surface area contributed by atoms with Gasteiger partial charge in [0.2, 0.25) is 0 Å². The van der Waals surface area contributed by atoms with Crippen molar-refractivity contribution in [2.45, 2.75) is 52.5 Å². The van der Waals surface area contributed by atoms with E-state index in [0.29, 0.717) is 13.2 Å². The molecule has 2 aromatic rings. The molecule has 0 aliphatic heterocycles. The highest BCUT2D eigenvalue weighted by atomic mass is 28.5. The summed E-state index contributed by atoms with van der Waals surface area (Å²) in [6.07, 6.45) is 3.53. The highest BCUT2D eigenvalue weighted by molar-refractivity contribution is 6.84. The lowest BCUT2D eigenvalue weighted by atomic mass is 10.4. The first-order chi connectivity index (χ1) is 12.6. The maximum atomic E-state index is 6.38. The lowest BCUT2D eigenvalue weighted by molar-refractivity contribution is 0.192. The van der Waals surface area contributed by atoms with E-state index in [0.717, 1.165) is 11.4 Å². The molecule has 2 heterocycles. The van der Waals surface area contributed by atoms with Gasteiger partial charge in [-0.05, 0) is 63.5 Å². The monoisotopic (exact) mass is 422 g/mol. The van der Waals surface area contributed by atoms with Gasteiger partial charge in [0.1, 0.15) is 0 Å². The van der Waals surface area contributed by atoms with Crippen LogP contribution in [0.3, 0.4) is 0 Å². The second-order valence-corrected chi connectivity index (χ2v) is 18.2. The molecular weight excluding hydrogens is 392 g/mol. The van der Waals surface area contributed by atoms with Crippen LogP contribution in [-0.2, 0) is 30.3 Å². The van der Waals surface area contributed by atoms with Crippen LogP contribution in [0.15, 0.2) is 48.8 Å². The van der Waals surface area contributed by atoms with Gasteiger partial charge >= 0.3 is 25.7 Å². The fourth-order valence-corrected chi connectivity index (χ4v) is 14.2. The molecule has 0 atom stereocenters. The topological polar surface area (TPSA) is 62.7 Å². The third-order valence-electron chi connectivity index (χ3n) is 3.57. The molecule has 2 aromatic heterocycles. The van der Waals surface area contributed by atoms with E-state index in [1.165, 1.54) is 0 Å². The largest absolute Gasteiger partial charge is 0.415 e. The fourth-order valence-electron chi connectivity index (χ4n) is 2.73. The van der Waals surface area contributed by atoms with Crippen molar-refractivity contribution in [3.8, 4) is 0 Å². The minimum absolute atomic E-state index is 0.446. The number of aromatic nitrogens is 2. The molecule has 0 unspecified atom stereocenters. The second kappa shape index (κ2) is 9.32. The minimum atomic E-state index is -2.42. The van der Waals surface area contributed by atoms with Crippen LogP contribution in [0.1, 0.15) is 11.4 Å². The summed E-state index contributed by atoms with van der Waals surface area (Å²) < 4.78 is 24.9. The van der Waals surface area contributed by atoms with Crippen molar-refractivity contribution < 1.29 is 17.1 Å². The Labute approximate surface area is 165 Å². The third-order valence-corrected chi connectivity index (χ3v) is 13.1. The fraction of sp³-hybridized carbons (Fsp3) is 0.444. The maximum Gasteiger partial charge on any atom is 0.323 e. The van der Waals surface area contributed by atoms with Crippen LogP contribution in [-0.4, -0.2) is 35.7 Å². The zero-order valence-corrected chi connectivity index (χ0v) is 20.1. The van der Waals surface area contributed by atoms with E-state index < -0.39 is 25.7 Å². The molecule has 148 valence electrons. The molecule has 0 aliphatic carbocycles. The molecule has 0 radical (unpaired) electrons. The Morgan fingerprint density at radius 3 is 1.37 bits per heavy atom. The number of hydrogen-bond donors (Lipinski definition) is 0. The van der Waals surface area contributed by atoms with E-state index in [1.807, 2.05) is 75.7 Å². The number of pyridine rings is 2. The number of nitrogens with zero attached hydrogens (tertiary/aromatic N) is 2. The molecular formula is C18H30N2O4Si3. The summed E-state index contributed by atoms with van der Waals surface area (Å²) in [4.78, 5) is 8.59. The molecule has 9 heteroatoms. The van der Waals surface area contributed by atoms with Gasteiger partial charge in [-0.3, -0.25) is 9.97 Å². The molecule has 0 aliphatic rings. The molecule has 0 amide bonds. The van der Waals surface area contributed by atoms with Crippen molar-refractivity contribution in [1.29, 1.82) is 0 Å². The van der Waals surface area contributed by atoms with Crippen LogP contribution < -0.4 is 0 Å². The van der Waals surface area contributed by atoms with Crippen LogP contribution >= 0.6 is 0 Å². The van der Waals surface area contributed by atoms with Gasteiger partial charge in [0.15, 0.2) is 0 Å². The maximum absolute atomic E-state index is 6.38. The average molecular weight is 423 g/mol. The van der Waals surface area contributed by atoms with Crippen molar-refractivity contribution in [2.24, 2.45) is 0 Å². The van der Waals surface area contributed by atoms with Gasteiger partial charge in [-0.1, -0.05) is 12.1 Å². The molecule has 0 aromatic carbocycles.